The van der Waals surface area contributed by atoms with Crippen LogP contribution in [-0.2, 0) is 14.8 Å². The van der Waals surface area contributed by atoms with Crippen LogP contribution in [0.1, 0.15) is 38.2 Å². The predicted octanol–water partition coefficient (Wildman–Crippen LogP) is 3.45. The lowest BCUT2D eigenvalue weighted by molar-refractivity contribution is -0.120. The SMILES string of the molecule is C[C@@H]1CCCC[C@H]1NC(=O)CN(c1ccccc1)S(=O)(=O)c1ccc(C#N)cc1. The van der Waals surface area contributed by atoms with Gasteiger partial charge in [0.05, 0.1) is 22.2 Å². The molecule has 3 rings (SSSR count). The zero-order valence-electron chi connectivity index (χ0n) is 16.4. The van der Waals surface area contributed by atoms with Gasteiger partial charge in [-0.3, -0.25) is 9.10 Å². The van der Waals surface area contributed by atoms with Crippen LogP contribution in [0.2, 0.25) is 0 Å². The summed E-state index contributed by atoms with van der Waals surface area (Å²) in [6.45, 7) is 1.82. The number of sulfonamides is 1. The van der Waals surface area contributed by atoms with E-state index in [1.54, 1.807) is 30.3 Å². The van der Waals surface area contributed by atoms with Crippen LogP contribution in [-0.4, -0.2) is 26.9 Å². The van der Waals surface area contributed by atoms with Crippen LogP contribution in [0.15, 0.2) is 59.5 Å². The zero-order chi connectivity index (χ0) is 20.9. The van der Waals surface area contributed by atoms with Crippen molar-refractivity contribution in [2.75, 3.05) is 10.8 Å². The number of rotatable bonds is 6. The third-order valence-corrected chi connectivity index (χ3v) is 7.15. The molecule has 1 fully saturated rings. The van der Waals surface area contributed by atoms with Gasteiger partial charge in [-0.15, -0.1) is 0 Å². The molecule has 2 aromatic rings. The molecule has 0 radical (unpaired) electrons. The number of carbonyl (C=O) groups excluding carboxylic acids is 1. The van der Waals surface area contributed by atoms with Crippen molar-refractivity contribution in [2.45, 2.75) is 43.5 Å². The lowest BCUT2D eigenvalue weighted by atomic mass is 9.86. The molecule has 0 spiro atoms. The Labute approximate surface area is 172 Å². The third kappa shape index (κ3) is 4.96. The summed E-state index contributed by atoms with van der Waals surface area (Å²) >= 11 is 0. The lowest BCUT2D eigenvalue weighted by Crippen LogP contribution is -2.47. The Bertz CT molecular complexity index is 982. The molecule has 0 aromatic heterocycles. The van der Waals surface area contributed by atoms with Crippen molar-refractivity contribution in [2.24, 2.45) is 5.92 Å². The number of anilines is 1. The molecule has 7 heteroatoms. The number of benzene rings is 2. The standard InChI is InChI=1S/C22H25N3O3S/c1-17-7-5-6-10-21(17)24-22(26)16-25(19-8-3-2-4-9-19)29(27,28)20-13-11-18(15-23)12-14-20/h2-4,8-9,11-14,17,21H,5-7,10,16H2,1H3,(H,24,26)/t17-,21-/m1/s1. The fourth-order valence-corrected chi connectivity index (χ4v) is 5.07. The van der Waals surface area contributed by atoms with E-state index in [4.69, 9.17) is 5.26 Å². The van der Waals surface area contributed by atoms with E-state index < -0.39 is 10.0 Å². The molecule has 0 bridgehead atoms. The first kappa shape index (κ1) is 20.9. The van der Waals surface area contributed by atoms with Crippen LogP contribution in [0.3, 0.4) is 0 Å². The van der Waals surface area contributed by atoms with Crippen molar-refractivity contribution in [3.63, 3.8) is 0 Å². The second kappa shape index (κ2) is 9.10. The maximum absolute atomic E-state index is 13.3. The van der Waals surface area contributed by atoms with E-state index in [2.05, 4.69) is 12.2 Å². The van der Waals surface area contributed by atoms with Gasteiger partial charge in [-0.1, -0.05) is 38.0 Å². The highest BCUT2D eigenvalue weighted by molar-refractivity contribution is 7.92. The number of nitrogens with zero attached hydrogens (tertiary/aromatic N) is 2. The summed E-state index contributed by atoms with van der Waals surface area (Å²) < 4.78 is 27.7. The molecule has 152 valence electrons. The second-order valence-corrected chi connectivity index (χ2v) is 9.28. The van der Waals surface area contributed by atoms with Gasteiger partial charge in [-0.05, 0) is 55.2 Å². The number of nitrogens with one attached hydrogen (secondary N) is 1. The minimum atomic E-state index is -3.97. The van der Waals surface area contributed by atoms with Gasteiger partial charge in [0.1, 0.15) is 6.54 Å². The molecule has 0 saturated heterocycles. The van der Waals surface area contributed by atoms with Crippen LogP contribution in [0.5, 0.6) is 0 Å². The first-order valence-electron chi connectivity index (χ1n) is 9.79. The molecule has 29 heavy (non-hydrogen) atoms. The van der Waals surface area contributed by atoms with E-state index in [-0.39, 0.29) is 23.4 Å². The fourth-order valence-electron chi connectivity index (χ4n) is 3.65. The molecular formula is C22H25N3O3S. The molecular weight excluding hydrogens is 386 g/mol. The monoisotopic (exact) mass is 411 g/mol. The highest BCUT2D eigenvalue weighted by Crippen LogP contribution is 2.25. The summed E-state index contributed by atoms with van der Waals surface area (Å²) in [4.78, 5) is 12.8. The van der Waals surface area contributed by atoms with E-state index >= 15 is 0 Å². The fraction of sp³-hybridized carbons (Fsp3) is 0.364. The normalized spacial score (nSPS) is 19.2. The number of hydrogen-bond donors (Lipinski definition) is 1. The summed E-state index contributed by atoms with van der Waals surface area (Å²) in [5.74, 6) is 0.0674. The van der Waals surface area contributed by atoms with E-state index in [0.717, 1.165) is 30.0 Å². The minimum absolute atomic E-state index is 0.0409. The van der Waals surface area contributed by atoms with Gasteiger partial charge >= 0.3 is 0 Å². The molecule has 0 aliphatic heterocycles. The van der Waals surface area contributed by atoms with Crippen LogP contribution >= 0.6 is 0 Å². The van der Waals surface area contributed by atoms with Gasteiger partial charge in [-0.2, -0.15) is 5.26 Å². The molecule has 1 aliphatic rings. The number of para-hydroxylation sites is 1. The largest absolute Gasteiger partial charge is 0.352 e. The summed E-state index contributed by atoms with van der Waals surface area (Å²) in [7, 11) is -3.97. The molecule has 0 heterocycles. The smallest absolute Gasteiger partial charge is 0.264 e. The van der Waals surface area contributed by atoms with Crippen molar-refractivity contribution < 1.29 is 13.2 Å². The van der Waals surface area contributed by atoms with Crippen LogP contribution in [0.25, 0.3) is 0 Å². The van der Waals surface area contributed by atoms with Crippen molar-refractivity contribution in [3.8, 4) is 6.07 Å². The van der Waals surface area contributed by atoms with E-state index in [0.29, 0.717) is 17.2 Å². The maximum atomic E-state index is 13.3. The average molecular weight is 412 g/mol. The van der Waals surface area contributed by atoms with Gasteiger partial charge in [0.2, 0.25) is 5.91 Å². The Morgan fingerprint density at radius 3 is 2.38 bits per heavy atom. The lowest BCUT2D eigenvalue weighted by Gasteiger charge is -2.31. The Hall–Kier alpha value is -2.85. The van der Waals surface area contributed by atoms with Crippen LogP contribution in [0.4, 0.5) is 5.69 Å². The van der Waals surface area contributed by atoms with Crippen molar-refractivity contribution in [3.05, 3.63) is 60.2 Å². The van der Waals surface area contributed by atoms with E-state index in [9.17, 15) is 13.2 Å². The molecule has 1 saturated carbocycles. The van der Waals surface area contributed by atoms with Crippen LogP contribution < -0.4 is 9.62 Å². The van der Waals surface area contributed by atoms with Gasteiger partial charge in [0, 0.05) is 6.04 Å². The summed E-state index contributed by atoms with van der Waals surface area (Å²) in [5, 5.41) is 12.0. The minimum Gasteiger partial charge on any atom is -0.352 e. The Morgan fingerprint density at radius 2 is 1.76 bits per heavy atom. The molecule has 2 aromatic carbocycles. The van der Waals surface area contributed by atoms with Gasteiger partial charge < -0.3 is 5.32 Å². The maximum Gasteiger partial charge on any atom is 0.264 e. The molecule has 0 unspecified atom stereocenters. The Kier molecular flexibility index (Phi) is 6.55. The van der Waals surface area contributed by atoms with Crippen molar-refractivity contribution in [1.29, 1.82) is 5.26 Å². The van der Waals surface area contributed by atoms with Crippen molar-refractivity contribution in [1.82, 2.24) is 5.32 Å². The van der Waals surface area contributed by atoms with Crippen LogP contribution in [0, 0.1) is 17.2 Å². The first-order chi connectivity index (χ1) is 13.9. The first-order valence-corrected chi connectivity index (χ1v) is 11.2. The summed E-state index contributed by atoms with van der Waals surface area (Å²) in [6.07, 6.45) is 4.22. The molecule has 1 N–H and O–H groups in total. The van der Waals surface area contributed by atoms with Crippen molar-refractivity contribution >= 4 is 21.6 Å². The van der Waals surface area contributed by atoms with E-state index in [1.807, 2.05) is 6.07 Å². The predicted molar refractivity (Wildman–Crippen MR) is 112 cm³/mol. The Morgan fingerprint density at radius 1 is 1.10 bits per heavy atom. The second-order valence-electron chi connectivity index (χ2n) is 7.42. The van der Waals surface area contributed by atoms with Gasteiger partial charge in [0.15, 0.2) is 0 Å². The highest BCUT2D eigenvalue weighted by Gasteiger charge is 2.29. The van der Waals surface area contributed by atoms with Gasteiger partial charge in [-0.25, -0.2) is 8.42 Å². The zero-order valence-corrected chi connectivity index (χ0v) is 17.2. The third-order valence-electron chi connectivity index (χ3n) is 5.36. The number of nitriles is 1. The number of carbonyl (C=O) groups is 1. The summed E-state index contributed by atoms with van der Waals surface area (Å²) in [5.41, 5.74) is 0.794. The van der Waals surface area contributed by atoms with Gasteiger partial charge in [0.25, 0.3) is 10.0 Å². The molecule has 2 atom stereocenters. The Balaban J connectivity index is 1.86. The molecule has 1 aliphatic carbocycles. The quantitative estimate of drug-likeness (QED) is 0.788. The number of hydrogen-bond acceptors (Lipinski definition) is 4. The topological polar surface area (TPSA) is 90.3 Å². The number of amides is 1. The summed E-state index contributed by atoms with van der Waals surface area (Å²) in [6, 6.07) is 16.3. The molecule has 6 nitrogen and oxygen atoms in total. The highest BCUT2D eigenvalue weighted by atomic mass is 32.2. The average Bonchev–Trinajstić information content (AvgIpc) is 2.74. The van der Waals surface area contributed by atoms with E-state index in [1.165, 1.54) is 24.3 Å². The molecule has 1 amide bonds.